The maximum Gasteiger partial charge on any atom is 0.223 e. The molecule has 0 aromatic carbocycles. The minimum Gasteiger partial charge on any atom is -0.360 e. The average molecular weight is 504 g/mol. The molecule has 0 radical (unpaired) electrons. The molecular weight excluding hydrogens is 462 g/mol. The van der Waals surface area contributed by atoms with E-state index < -0.39 is 6.30 Å². The van der Waals surface area contributed by atoms with Crippen LogP contribution in [0.15, 0.2) is 0 Å². The summed E-state index contributed by atoms with van der Waals surface area (Å²) >= 11 is 12.6. The van der Waals surface area contributed by atoms with E-state index in [1.807, 2.05) is 0 Å². The van der Waals surface area contributed by atoms with E-state index in [1.165, 1.54) is 0 Å². The fraction of sp³-hybridized carbons (Fsp3) is 0.920. The summed E-state index contributed by atoms with van der Waals surface area (Å²) in [7, 11) is 0. The topological polar surface area (TPSA) is 68.2 Å². The van der Waals surface area contributed by atoms with Crippen LogP contribution in [0, 0.1) is 35.0 Å². The van der Waals surface area contributed by atoms with E-state index in [-0.39, 0.29) is 28.6 Å². The van der Waals surface area contributed by atoms with E-state index in [0.29, 0.717) is 36.6 Å². The van der Waals surface area contributed by atoms with Gasteiger partial charge in [0, 0.05) is 43.4 Å². The van der Waals surface area contributed by atoms with Gasteiger partial charge >= 0.3 is 0 Å². The predicted octanol–water partition coefficient (Wildman–Crippen LogP) is 4.91. The Morgan fingerprint density at radius 3 is 2.64 bits per heavy atom. The number of hydrogen-bond donors (Lipinski definition) is 3. The van der Waals surface area contributed by atoms with Crippen molar-refractivity contribution in [1.29, 1.82) is 5.41 Å². The monoisotopic (exact) mass is 502 g/mol. The van der Waals surface area contributed by atoms with Gasteiger partial charge in [0.2, 0.25) is 5.91 Å². The molecule has 0 bridgehead atoms. The fourth-order valence-electron chi connectivity index (χ4n) is 6.90. The molecule has 2 heterocycles. The van der Waals surface area contributed by atoms with Gasteiger partial charge in [0.05, 0.1) is 11.2 Å². The first-order valence-electron chi connectivity index (χ1n) is 13.1. The van der Waals surface area contributed by atoms with Crippen LogP contribution in [-0.2, 0) is 4.79 Å². The van der Waals surface area contributed by atoms with Gasteiger partial charge in [-0.3, -0.25) is 15.5 Å². The zero-order valence-electron chi connectivity index (χ0n) is 19.9. The van der Waals surface area contributed by atoms with Crippen molar-refractivity contribution in [3.63, 3.8) is 0 Å². The molecule has 3 N–H and O–H groups in total. The van der Waals surface area contributed by atoms with E-state index in [2.05, 4.69) is 22.5 Å². The average Bonchev–Trinajstić information content (AvgIpc) is 3.18. The van der Waals surface area contributed by atoms with Crippen LogP contribution >= 0.6 is 23.2 Å². The first kappa shape index (κ1) is 25.5. The lowest BCUT2D eigenvalue weighted by Crippen LogP contribution is -2.49. The molecule has 2 saturated carbocycles. The lowest BCUT2D eigenvalue weighted by Gasteiger charge is -2.44. The molecule has 2 aliphatic heterocycles. The minimum absolute atomic E-state index is 0.00278. The third-order valence-electron chi connectivity index (χ3n) is 8.73. The van der Waals surface area contributed by atoms with Crippen LogP contribution in [0.4, 0.5) is 4.39 Å². The Morgan fingerprint density at radius 1 is 1.12 bits per heavy atom. The second-order valence-electron chi connectivity index (χ2n) is 11.1. The zero-order valence-corrected chi connectivity index (χ0v) is 21.4. The lowest BCUT2D eigenvalue weighted by molar-refractivity contribution is -0.128. The van der Waals surface area contributed by atoms with Crippen LogP contribution < -0.4 is 10.6 Å². The highest BCUT2D eigenvalue weighted by Gasteiger charge is 2.41. The van der Waals surface area contributed by atoms with Crippen LogP contribution in [0.1, 0.15) is 71.1 Å². The number of amides is 1. The largest absolute Gasteiger partial charge is 0.360 e. The summed E-state index contributed by atoms with van der Waals surface area (Å²) in [6.45, 7) is 4.62. The molecule has 9 unspecified atom stereocenters. The smallest absolute Gasteiger partial charge is 0.223 e. The summed E-state index contributed by atoms with van der Waals surface area (Å²) in [6.07, 6.45) is 8.11. The van der Waals surface area contributed by atoms with Crippen LogP contribution in [0.2, 0.25) is 0 Å². The molecular formula is C25H41Cl2FN4O. The molecule has 8 heteroatoms. The van der Waals surface area contributed by atoms with Crippen molar-refractivity contribution in [2.75, 3.05) is 19.6 Å². The van der Waals surface area contributed by atoms with E-state index in [0.717, 1.165) is 76.7 Å². The third kappa shape index (κ3) is 6.55. The Bertz CT molecular complexity index is 697. The number of nitrogens with one attached hydrogen (secondary N) is 3. The molecule has 2 saturated heterocycles. The third-order valence-corrected chi connectivity index (χ3v) is 9.86. The van der Waals surface area contributed by atoms with Gasteiger partial charge in [-0.15, -0.1) is 23.2 Å². The molecule has 1 amide bonds. The number of rotatable bonds is 6. The Labute approximate surface area is 208 Å². The summed E-state index contributed by atoms with van der Waals surface area (Å²) in [5, 5.41) is 14.6. The van der Waals surface area contributed by atoms with Crippen molar-refractivity contribution in [1.82, 2.24) is 15.5 Å². The van der Waals surface area contributed by atoms with Gasteiger partial charge in [0.15, 0.2) is 6.30 Å². The number of amidine groups is 1. The van der Waals surface area contributed by atoms with E-state index in [1.54, 1.807) is 0 Å². The van der Waals surface area contributed by atoms with Crippen LogP contribution in [0.5, 0.6) is 0 Å². The number of halogens is 3. The molecule has 4 rings (SSSR count). The number of carbonyl (C=O) groups is 1. The first-order chi connectivity index (χ1) is 15.8. The number of nitrogens with zero attached hydrogens (tertiary/aromatic N) is 1. The Kier molecular flexibility index (Phi) is 8.83. The second kappa shape index (κ2) is 11.4. The SMILES string of the molecule is CC1NC(F)CCC1C1CC(CN2CCCC2=N)CC(C(=O)NCC2CCC(Cl)C(Cl)C2)C1. The van der Waals surface area contributed by atoms with Crippen molar-refractivity contribution in [2.24, 2.45) is 29.6 Å². The Balaban J connectivity index is 1.38. The van der Waals surface area contributed by atoms with Crippen molar-refractivity contribution >= 4 is 34.9 Å². The van der Waals surface area contributed by atoms with Crippen LogP contribution in [0.25, 0.3) is 0 Å². The lowest BCUT2D eigenvalue weighted by atomic mass is 9.66. The first-order valence-corrected chi connectivity index (χ1v) is 14.0. The van der Waals surface area contributed by atoms with E-state index >= 15 is 0 Å². The molecule has 4 fully saturated rings. The molecule has 33 heavy (non-hydrogen) atoms. The normalized spacial score (nSPS) is 42.4. The van der Waals surface area contributed by atoms with Crippen LogP contribution in [-0.4, -0.2) is 59.4 Å². The van der Waals surface area contributed by atoms with E-state index in [4.69, 9.17) is 28.6 Å². The Morgan fingerprint density at radius 2 is 1.94 bits per heavy atom. The van der Waals surface area contributed by atoms with Crippen LogP contribution in [0.3, 0.4) is 0 Å². The predicted molar refractivity (Wildman–Crippen MR) is 133 cm³/mol. The number of likely N-dealkylation sites (tertiary alicyclic amines) is 1. The summed E-state index contributed by atoms with van der Waals surface area (Å²) in [5.74, 6) is 2.55. The molecule has 4 aliphatic rings. The van der Waals surface area contributed by atoms with Crippen molar-refractivity contribution in [2.45, 2.75) is 94.2 Å². The molecule has 0 spiro atoms. The number of piperidine rings is 1. The molecule has 9 atom stereocenters. The summed E-state index contributed by atoms with van der Waals surface area (Å²) in [6, 6.07) is 0.137. The van der Waals surface area contributed by atoms with Crippen molar-refractivity contribution in [3.05, 3.63) is 0 Å². The number of alkyl halides is 3. The van der Waals surface area contributed by atoms with E-state index in [9.17, 15) is 9.18 Å². The van der Waals surface area contributed by atoms with Gasteiger partial charge in [0.1, 0.15) is 0 Å². The summed E-state index contributed by atoms with van der Waals surface area (Å²) in [4.78, 5) is 15.5. The highest BCUT2D eigenvalue weighted by Crippen LogP contribution is 2.42. The molecule has 5 nitrogen and oxygen atoms in total. The maximum atomic E-state index is 13.9. The standard InChI is InChI=1S/C25H41Cl2FN4O/c1-15-20(5-7-23(28)31-15)18-9-17(14-32-8-2-3-24(32)29)10-19(12-18)25(33)30-13-16-4-6-21(26)22(27)11-16/h15-23,29,31H,2-14H2,1H3,(H,30,33). The molecule has 0 aromatic heterocycles. The molecule has 0 aromatic rings. The quantitative estimate of drug-likeness (QED) is 0.357. The van der Waals surface area contributed by atoms with Gasteiger partial charge < -0.3 is 10.2 Å². The highest BCUT2D eigenvalue weighted by molar-refractivity contribution is 6.30. The Hall–Kier alpha value is -0.590. The summed E-state index contributed by atoms with van der Waals surface area (Å²) < 4.78 is 13.9. The van der Waals surface area contributed by atoms with Gasteiger partial charge in [-0.1, -0.05) is 0 Å². The second-order valence-corrected chi connectivity index (χ2v) is 12.3. The van der Waals surface area contributed by atoms with Gasteiger partial charge in [-0.2, -0.15) is 0 Å². The molecule has 188 valence electrons. The van der Waals surface area contributed by atoms with Gasteiger partial charge in [0.25, 0.3) is 0 Å². The molecule has 2 aliphatic carbocycles. The van der Waals surface area contributed by atoms with Crippen molar-refractivity contribution < 1.29 is 9.18 Å². The summed E-state index contributed by atoms with van der Waals surface area (Å²) in [5.41, 5.74) is 0. The number of hydrogen-bond acceptors (Lipinski definition) is 3. The van der Waals surface area contributed by atoms with Gasteiger partial charge in [-0.05, 0) is 88.4 Å². The minimum atomic E-state index is -0.909. The fourth-order valence-corrected chi connectivity index (χ4v) is 7.51. The van der Waals surface area contributed by atoms with Crippen molar-refractivity contribution in [3.8, 4) is 0 Å². The maximum absolute atomic E-state index is 13.9. The zero-order chi connectivity index (χ0) is 23.5. The highest BCUT2D eigenvalue weighted by atomic mass is 35.5. The van der Waals surface area contributed by atoms with Gasteiger partial charge in [-0.25, -0.2) is 4.39 Å². The number of carbonyl (C=O) groups excluding carboxylic acids is 1.